The van der Waals surface area contributed by atoms with E-state index in [2.05, 4.69) is 20.8 Å². The summed E-state index contributed by atoms with van der Waals surface area (Å²) < 4.78 is 0. The number of hydrogen-bond acceptors (Lipinski definition) is 1. The highest BCUT2D eigenvalue weighted by atomic mass is 16.1. The van der Waals surface area contributed by atoms with Gasteiger partial charge in [-0.15, -0.1) is 0 Å². The average molecular weight is 182 g/mol. The number of rotatable bonds is 7. The SMILES string of the molecule is CC(C)CCC[C@@H](C)C/C=C/C=O. The first-order valence-electron chi connectivity index (χ1n) is 5.27. The molecule has 0 saturated heterocycles. The molecule has 1 nitrogen and oxygen atoms in total. The first-order chi connectivity index (χ1) is 6.16. The Kier molecular flexibility index (Phi) is 7.66. The van der Waals surface area contributed by atoms with Gasteiger partial charge in [0.05, 0.1) is 0 Å². The molecule has 13 heavy (non-hydrogen) atoms. The Morgan fingerprint density at radius 3 is 2.38 bits per heavy atom. The predicted octanol–water partition coefficient (Wildman–Crippen LogP) is 3.59. The number of allylic oxidation sites excluding steroid dienone is 2. The second kappa shape index (κ2) is 8.03. The maximum Gasteiger partial charge on any atom is 0.142 e. The molecule has 0 spiro atoms. The van der Waals surface area contributed by atoms with E-state index < -0.39 is 0 Å². The second-order valence-corrected chi connectivity index (χ2v) is 4.23. The fourth-order valence-electron chi connectivity index (χ4n) is 1.36. The van der Waals surface area contributed by atoms with Crippen molar-refractivity contribution in [2.24, 2.45) is 11.8 Å². The lowest BCUT2D eigenvalue weighted by molar-refractivity contribution is -0.104. The Morgan fingerprint density at radius 2 is 1.85 bits per heavy atom. The molecule has 1 heteroatoms. The zero-order valence-corrected chi connectivity index (χ0v) is 9.12. The molecule has 0 amide bonds. The van der Waals surface area contributed by atoms with Gasteiger partial charge in [-0.3, -0.25) is 4.79 Å². The van der Waals surface area contributed by atoms with Gasteiger partial charge in [-0.05, 0) is 24.3 Å². The van der Waals surface area contributed by atoms with Crippen molar-refractivity contribution in [1.29, 1.82) is 0 Å². The monoisotopic (exact) mass is 182 g/mol. The molecule has 0 fully saturated rings. The number of carbonyl (C=O) groups is 1. The van der Waals surface area contributed by atoms with Crippen molar-refractivity contribution in [2.75, 3.05) is 0 Å². The summed E-state index contributed by atoms with van der Waals surface area (Å²) in [5, 5.41) is 0. The molecule has 0 aliphatic rings. The van der Waals surface area contributed by atoms with Gasteiger partial charge in [-0.2, -0.15) is 0 Å². The van der Waals surface area contributed by atoms with E-state index in [0.717, 1.165) is 24.5 Å². The zero-order chi connectivity index (χ0) is 10.1. The molecule has 0 aromatic heterocycles. The Bertz CT molecular complexity index is 147. The summed E-state index contributed by atoms with van der Waals surface area (Å²) >= 11 is 0. The third-order valence-corrected chi connectivity index (χ3v) is 2.23. The van der Waals surface area contributed by atoms with Crippen LogP contribution in [0, 0.1) is 11.8 Å². The first-order valence-corrected chi connectivity index (χ1v) is 5.27. The van der Waals surface area contributed by atoms with Crippen molar-refractivity contribution in [3.8, 4) is 0 Å². The van der Waals surface area contributed by atoms with Crippen molar-refractivity contribution in [3.05, 3.63) is 12.2 Å². The van der Waals surface area contributed by atoms with Gasteiger partial charge in [0.25, 0.3) is 0 Å². The van der Waals surface area contributed by atoms with E-state index in [1.165, 1.54) is 19.3 Å². The van der Waals surface area contributed by atoms with Gasteiger partial charge in [-0.25, -0.2) is 0 Å². The van der Waals surface area contributed by atoms with E-state index in [1.807, 2.05) is 6.08 Å². The average Bonchev–Trinajstić information content (AvgIpc) is 2.04. The molecule has 0 aromatic carbocycles. The van der Waals surface area contributed by atoms with Gasteiger partial charge in [0.1, 0.15) is 6.29 Å². The smallest absolute Gasteiger partial charge is 0.142 e. The van der Waals surface area contributed by atoms with Crippen LogP contribution in [0.3, 0.4) is 0 Å². The van der Waals surface area contributed by atoms with Gasteiger partial charge in [0, 0.05) is 0 Å². The molecule has 0 N–H and O–H groups in total. The quantitative estimate of drug-likeness (QED) is 0.434. The maximum atomic E-state index is 10.0. The summed E-state index contributed by atoms with van der Waals surface area (Å²) in [6.45, 7) is 6.77. The zero-order valence-electron chi connectivity index (χ0n) is 9.12. The molecule has 0 heterocycles. The minimum Gasteiger partial charge on any atom is -0.299 e. The van der Waals surface area contributed by atoms with Crippen LogP contribution in [-0.2, 0) is 4.79 Å². The van der Waals surface area contributed by atoms with Crippen LogP contribution in [-0.4, -0.2) is 6.29 Å². The van der Waals surface area contributed by atoms with E-state index in [-0.39, 0.29) is 0 Å². The van der Waals surface area contributed by atoms with E-state index >= 15 is 0 Å². The fraction of sp³-hybridized carbons (Fsp3) is 0.750. The van der Waals surface area contributed by atoms with Gasteiger partial charge < -0.3 is 0 Å². The van der Waals surface area contributed by atoms with Crippen LogP contribution in [0.5, 0.6) is 0 Å². The van der Waals surface area contributed by atoms with Gasteiger partial charge in [0.2, 0.25) is 0 Å². The molecule has 0 aromatic rings. The largest absolute Gasteiger partial charge is 0.299 e. The van der Waals surface area contributed by atoms with Crippen LogP contribution in [0.25, 0.3) is 0 Å². The molecule has 0 rings (SSSR count). The predicted molar refractivity (Wildman–Crippen MR) is 57.7 cm³/mol. The molecule has 1 atom stereocenters. The lowest BCUT2D eigenvalue weighted by atomic mass is 9.97. The van der Waals surface area contributed by atoms with Gasteiger partial charge >= 0.3 is 0 Å². The Labute approximate surface area is 82.2 Å². The fourth-order valence-corrected chi connectivity index (χ4v) is 1.36. The van der Waals surface area contributed by atoms with E-state index in [9.17, 15) is 4.79 Å². The van der Waals surface area contributed by atoms with Crippen LogP contribution in [0.4, 0.5) is 0 Å². The summed E-state index contributed by atoms with van der Waals surface area (Å²) in [5.74, 6) is 1.53. The molecular weight excluding hydrogens is 160 g/mol. The van der Waals surface area contributed by atoms with Crippen LogP contribution >= 0.6 is 0 Å². The molecule has 0 radical (unpaired) electrons. The van der Waals surface area contributed by atoms with Crippen molar-refractivity contribution >= 4 is 6.29 Å². The highest BCUT2D eigenvalue weighted by molar-refractivity contribution is 5.64. The summed E-state index contributed by atoms with van der Waals surface area (Å²) in [7, 11) is 0. The Balaban J connectivity index is 3.34. The second-order valence-electron chi connectivity index (χ2n) is 4.23. The van der Waals surface area contributed by atoms with Gasteiger partial charge in [0.15, 0.2) is 0 Å². The highest BCUT2D eigenvalue weighted by Crippen LogP contribution is 2.15. The third-order valence-electron chi connectivity index (χ3n) is 2.23. The maximum absolute atomic E-state index is 10.0. The molecule has 0 bridgehead atoms. The number of hydrogen-bond donors (Lipinski definition) is 0. The number of carbonyl (C=O) groups excluding carboxylic acids is 1. The molecule has 0 saturated carbocycles. The van der Waals surface area contributed by atoms with Crippen LogP contribution in [0.2, 0.25) is 0 Å². The van der Waals surface area contributed by atoms with Crippen molar-refractivity contribution in [1.82, 2.24) is 0 Å². The summed E-state index contributed by atoms with van der Waals surface area (Å²) in [5.41, 5.74) is 0. The topological polar surface area (TPSA) is 17.1 Å². The molecular formula is C12H22O. The molecule has 0 aliphatic carbocycles. The van der Waals surface area contributed by atoms with E-state index in [1.54, 1.807) is 6.08 Å². The minimum absolute atomic E-state index is 0.718. The van der Waals surface area contributed by atoms with Crippen molar-refractivity contribution in [2.45, 2.75) is 46.5 Å². The Morgan fingerprint density at radius 1 is 1.15 bits per heavy atom. The lowest BCUT2D eigenvalue weighted by Gasteiger charge is -2.09. The standard InChI is InChI=1S/C12H22O/c1-11(2)7-6-9-12(3)8-4-5-10-13/h4-5,10-12H,6-9H2,1-3H3/b5-4+/t12-/m0/s1. The first kappa shape index (κ1) is 12.4. The summed E-state index contributed by atoms with van der Waals surface area (Å²) in [6.07, 6.45) is 9.36. The third kappa shape index (κ3) is 9.32. The summed E-state index contributed by atoms with van der Waals surface area (Å²) in [4.78, 5) is 10.0. The molecule has 0 aliphatic heterocycles. The summed E-state index contributed by atoms with van der Waals surface area (Å²) in [6, 6.07) is 0. The van der Waals surface area contributed by atoms with E-state index in [4.69, 9.17) is 0 Å². The number of aldehydes is 1. The molecule has 0 unspecified atom stereocenters. The van der Waals surface area contributed by atoms with Crippen molar-refractivity contribution in [3.63, 3.8) is 0 Å². The normalized spacial score (nSPS) is 13.8. The van der Waals surface area contributed by atoms with Crippen molar-refractivity contribution < 1.29 is 4.79 Å². The van der Waals surface area contributed by atoms with Crippen LogP contribution in [0.1, 0.15) is 46.5 Å². The van der Waals surface area contributed by atoms with Crippen LogP contribution < -0.4 is 0 Å². The molecule has 76 valence electrons. The minimum atomic E-state index is 0.718. The van der Waals surface area contributed by atoms with E-state index in [0.29, 0.717) is 0 Å². The lowest BCUT2D eigenvalue weighted by Crippen LogP contribution is -1.95. The van der Waals surface area contributed by atoms with Crippen LogP contribution in [0.15, 0.2) is 12.2 Å². The Hall–Kier alpha value is -0.590. The van der Waals surface area contributed by atoms with Gasteiger partial charge in [-0.1, -0.05) is 46.1 Å². The highest BCUT2D eigenvalue weighted by Gasteiger charge is 2.00.